The van der Waals surface area contributed by atoms with Crippen molar-refractivity contribution in [2.24, 2.45) is 7.05 Å². The topological polar surface area (TPSA) is 55.2 Å². The molecule has 0 saturated heterocycles. The lowest BCUT2D eigenvalue weighted by Gasteiger charge is -2.18. The molecule has 1 aliphatic heterocycles. The highest BCUT2D eigenvalue weighted by molar-refractivity contribution is 5.62. The zero-order valence-electron chi connectivity index (χ0n) is 12.3. The highest BCUT2D eigenvalue weighted by atomic mass is 16.6. The van der Waals surface area contributed by atoms with Crippen LogP contribution in [-0.4, -0.2) is 22.6 Å². The summed E-state index contributed by atoms with van der Waals surface area (Å²) in [6, 6.07) is 5.18. The summed E-state index contributed by atoms with van der Waals surface area (Å²) in [6.45, 7) is 4.77. The predicted molar refractivity (Wildman–Crippen MR) is 79.4 cm³/mol. The van der Waals surface area contributed by atoms with Gasteiger partial charge in [-0.15, -0.1) is 0 Å². The van der Waals surface area contributed by atoms with E-state index in [9.17, 15) is 10.1 Å². The minimum Gasteiger partial charge on any atom is -0.367 e. The van der Waals surface area contributed by atoms with Crippen LogP contribution in [0.25, 0.3) is 0 Å². The van der Waals surface area contributed by atoms with E-state index in [0.29, 0.717) is 0 Å². The standard InChI is InChI=1S/C15H19N4O2/c1-12-16(2)7-8-17(12)9-10-18-6-5-13-3-4-14(19(20)21)11-15(13)18/h3-4,7-8,11H,5-6,9-10H2,1-2H3/q+1. The van der Waals surface area contributed by atoms with Crippen molar-refractivity contribution in [1.29, 1.82) is 0 Å². The number of nitrogens with zero attached hydrogens (tertiary/aromatic N) is 4. The maximum Gasteiger partial charge on any atom is 0.271 e. The number of anilines is 1. The molecule has 1 aromatic heterocycles. The number of nitro groups is 1. The van der Waals surface area contributed by atoms with Gasteiger partial charge in [0.05, 0.1) is 18.5 Å². The van der Waals surface area contributed by atoms with Crippen LogP contribution in [0.5, 0.6) is 0 Å². The number of hydrogen-bond donors (Lipinski definition) is 0. The second-order valence-corrected chi connectivity index (χ2v) is 5.46. The number of hydrogen-bond acceptors (Lipinski definition) is 3. The van der Waals surface area contributed by atoms with Crippen LogP contribution in [0.1, 0.15) is 11.4 Å². The molecule has 0 fully saturated rings. The van der Waals surface area contributed by atoms with Gasteiger partial charge >= 0.3 is 0 Å². The molecule has 0 radical (unpaired) electrons. The van der Waals surface area contributed by atoms with Crippen LogP contribution in [0, 0.1) is 17.0 Å². The van der Waals surface area contributed by atoms with Gasteiger partial charge in [-0.1, -0.05) is 6.07 Å². The maximum absolute atomic E-state index is 10.9. The average Bonchev–Trinajstić information content (AvgIpc) is 3.01. The van der Waals surface area contributed by atoms with Crippen molar-refractivity contribution in [3.8, 4) is 0 Å². The van der Waals surface area contributed by atoms with E-state index in [1.165, 1.54) is 11.4 Å². The van der Waals surface area contributed by atoms with Crippen LogP contribution < -0.4 is 9.47 Å². The Hall–Kier alpha value is -2.37. The molecule has 1 aromatic carbocycles. The molecule has 6 nitrogen and oxygen atoms in total. The third-order valence-electron chi connectivity index (χ3n) is 4.28. The van der Waals surface area contributed by atoms with Gasteiger partial charge in [0.15, 0.2) is 0 Å². The SMILES string of the molecule is Cc1n(CCN2CCc3ccc([N+](=O)[O-])cc32)cc[n+]1C. The van der Waals surface area contributed by atoms with E-state index in [4.69, 9.17) is 0 Å². The van der Waals surface area contributed by atoms with E-state index in [1.807, 2.05) is 19.3 Å². The Morgan fingerprint density at radius 1 is 1.38 bits per heavy atom. The van der Waals surface area contributed by atoms with Gasteiger partial charge in [-0.2, -0.15) is 0 Å². The first kappa shape index (κ1) is 13.6. The van der Waals surface area contributed by atoms with Crippen LogP contribution in [0.4, 0.5) is 11.4 Å². The fourth-order valence-electron chi connectivity index (χ4n) is 2.84. The molecule has 0 unspecified atom stereocenters. The molecule has 0 bridgehead atoms. The molecule has 0 saturated carbocycles. The fourth-order valence-corrected chi connectivity index (χ4v) is 2.84. The third-order valence-corrected chi connectivity index (χ3v) is 4.28. The summed E-state index contributed by atoms with van der Waals surface area (Å²) < 4.78 is 4.29. The van der Waals surface area contributed by atoms with Crippen LogP contribution in [-0.2, 0) is 20.0 Å². The number of imidazole rings is 1. The summed E-state index contributed by atoms with van der Waals surface area (Å²) in [7, 11) is 2.03. The van der Waals surface area contributed by atoms with Crippen molar-refractivity contribution in [1.82, 2.24) is 4.57 Å². The number of non-ortho nitro benzene ring substituents is 1. The van der Waals surface area contributed by atoms with Crippen molar-refractivity contribution < 1.29 is 9.49 Å². The molecule has 0 spiro atoms. The Morgan fingerprint density at radius 2 is 2.19 bits per heavy atom. The van der Waals surface area contributed by atoms with Crippen molar-refractivity contribution in [2.45, 2.75) is 19.9 Å². The summed E-state index contributed by atoms with van der Waals surface area (Å²) in [6.07, 6.45) is 5.07. The first-order valence-electron chi connectivity index (χ1n) is 7.10. The second-order valence-electron chi connectivity index (χ2n) is 5.46. The molecule has 2 heterocycles. The molecule has 6 heteroatoms. The van der Waals surface area contributed by atoms with Gasteiger partial charge in [0.1, 0.15) is 18.9 Å². The minimum absolute atomic E-state index is 0.171. The number of aromatic nitrogens is 2. The van der Waals surface area contributed by atoms with E-state index in [0.717, 1.165) is 31.7 Å². The van der Waals surface area contributed by atoms with Crippen LogP contribution in [0.2, 0.25) is 0 Å². The van der Waals surface area contributed by atoms with Gasteiger partial charge in [-0.05, 0) is 12.0 Å². The predicted octanol–water partition coefficient (Wildman–Crippen LogP) is 1.59. The Morgan fingerprint density at radius 3 is 2.86 bits per heavy atom. The first-order valence-corrected chi connectivity index (χ1v) is 7.10. The Bertz CT molecular complexity index is 693. The molecule has 3 rings (SSSR count). The normalized spacial score (nSPS) is 13.5. The van der Waals surface area contributed by atoms with E-state index >= 15 is 0 Å². The fraction of sp³-hybridized carbons (Fsp3) is 0.400. The molecular formula is C15H19N4O2+. The quantitative estimate of drug-likeness (QED) is 0.487. The van der Waals surface area contributed by atoms with Gasteiger partial charge in [-0.25, -0.2) is 9.13 Å². The summed E-state index contributed by atoms with van der Waals surface area (Å²) in [4.78, 5) is 12.8. The lowest BCUT2D eigenvalue weighted by atomic mass is 10.1. The zero-order chi connectivity index (χ0) is 15.0. The van der Waals surface area contributed by atoms with Gasteiger partial charge in [0.2, 0.25) is 0 Å². The molecular weight excluding hydrogens is 268 g/mol. The summed E-state index contributed by atoms with van der Waals surface area (Å²) in [5, 5.41) is 10.9. The Labute approximate surface area is 123 Å². The molecule has 0 atom stereocenters. The summed E-state index contributed by atoms with van der Waals surface area (Å²) in [5.74, 6) is 1.20. The average molecular weight is 287 g/mol. The number of fused-ring (bicyclic) bond motifs is 1. The summed E-state index contributed by atoms with van der Waals surface area (Å²) >= 11 is 0. The molecule has 0 aliphatic carbocycles. The van der Waals surface area contributed by atoms with E-state index < -0.39 is 0 Å². The lowest BCUT2D eigenvalue weighted by molar-refractivity contribution is -0.677. The molecule has 1 aliphatic rings. The molecule has 110 valence electrons. The second kappa shape index (κ2) is 5.20. The molecule has 0 amide bonds. The number of aryl methyl sites for hydroxylation is 1. The van der Waals surface area contributed by atoms with E-state index in [2.05, 4.69) is 27.2 Å². The van der Waals surface area contributed by atoms with Gasteiger partial charge in [0.25, 0.3) is 11.5 Å². The third kappa shape index (κ3) is 2.49. The van der Waals surface area contributed by atoms with Crippen molar-refractivity contribution >= 4 is 11.4 Å². The van der Waals surface area contributed by atoms with Gasteiger partial charge in [0, 0.05) is 31.3 Å². The van der Waals surface area contributed by atoms with Crippen molar-refractivity contribution in [2.75, 3.05) is 18.0 Å². The van der Waals surface area contributed by atoms with Crippen molar-refractivity contribution in [3.05, 3.63) is 52.1 Å². The number of nitro benzene ring substituents is 1. The largest absolute Gasteiger partial charge is 0.367 e. The number of rotatable bonds is 4. The Kier molecular flexibility index (Phi) is 3.37. The van der Waals surface area contributed by atoms with E-state index in [-0.39, 0.29) is 10.6 Å². The summed E-state index contributed by atoms with van der Waals surface area (Å²) in [5.41, 5.74) is 2.39. The van der Waals surface area contributed by atoms with Crippen LogP contribution in [0.3, 0.4) is 0 Å². The first-order chi connectivity index (χ1) is 10.1. The zero-order valence-corrected chi connectivity index (χ0v) is 12.3. The van der Waals surface area contributed by atoms with Crippen molar-refractivity contribution in [3.63, 3.8) is 0 Å². The van der Waals surface area contributed by atoms with Gasteiger partial charge < -0.3 is 4.90 Å². The molecule has 21 heavy (non-hydrogen) atoms. The monoisotopic (exact) mass is 287 g/mol. The van der Waals surface area contributed by atoms with Gasteiger partial charge in [-0.3, -0.25) is 10.1 Å². The minimum atomic E-state index is -0.327. The van der Waals surface area contributed by atoms with E-state index in [1.54, 1.807) is 12.1 Å². The molecule has 0 N–H and O–H groups in total. The van der Waals surface area contributed by atoms with Crippen LogP contribution >= 0.6 is 0 Å². The number of benzene rings is 1. The highest BCUT2D eigenvalue weighted by Gasteiger charge is 2.22. The smallest absolute Gasteiger partial charge is 0.271 e. The van der Waals surface area contributed by atoms with Crippen LogP contribution in [0.15, 0.2) is 30.6 Å². The lowest BCUT2D eigenvalue weighted by Crippen LogP contribution is -2.31. The Balaban J connectivity index is 1.76. The maximum atomic E-state index is 10.9. The highest BCUT2D eigenvalue weighted by Crippen LogP contribution is 2.31. The molecule has 2 aromatic rings.